The molecule has 2 rings (SSSR count). The van der Waals surface area contributed by atoms with E-state index in [1.807, 2.05) is 0 Å². The van der Waals surface area contributed by atoms with Gasteiger partial charge in [-0.2, -0.15) is 0 Å². The number of benzene rings is 1. The second-order valence-corrected chi connectivity index (χ2v) is 7.09. The lowest BCUT2D eigenvalue weighted by atomic mass is 10.1. The molecule has 0 radical (unpaired) electrons. The average Bonchev–Trinajstić information content (AvgIpc) is 2.84. The van der Waals surface area contributed by atoms with Crippen molar-refractivity contribution in [2.24, 2.45) is 5.73 Å². The number of aromatic amines is 1. The van der Waals surface area contributed by atoms with Crippen LogP contribution < -0.4 is 5.73 Å². The van der Waals surface area contributed by atoms with Gasteiger partial charge in [-0.15, -0.1) is 0 Å². The van der Waals surface area contributed by atoms with Gasteiger partial charge in [0.25, 0.3) is 0 Å². The van der Waals surface area contributed by atoms with Gasteiger partial charge in [-0.25, -0.2) is 22.2 Å². The number of hydrogen-bond donors (Lipinski definition) is 2. The van der Waals surface area contributed by atoms with Crippen LogP contribution in [0.5, 0.6) is 0 Å². The minimum absolute atomic E-state index is 0.0604. The number of hydrogen-bond acceptors (Lipinski definition) is 4. The molecular formula is C13H15F2N3O2S. The molecule has 21 heavy (non-hydrogen) atoms. The minimum atomic E-state index is -3.11. The summed E-state index contributed by atoms with van der Waals surface area (Å²) in [6, 6.07) is 2.61. The van der Waals surface area contributed by atoms with Gasteiger partial charge in [-0.3, -0.25) is 0 Å². The highest BCUT2D eigenvalue weighted by atomic mass is 32.2. The zero-order chi connectivity index (χ0) is 15.6. The zero-order valence-corrected chi connectivity index (χ0v) is 12.1. The molecule has 0 aliphatic rings. The highest BCUT2D eigenvalue weighted by Gasteiger charge is 2.15. The predicted molar refractivity (Wildman–Crippen MR) is 75.2 cm³/mol. The second kappa shape index (κ2) is 5.90. The van der Waals surface area contributed by atoms with E-state index in [1.165, 1.54) is 12.3 Å². The molecule has 0 bridgehead atoms. The van der Waals surface area contributed by atoms with Crippen molar-refractivity contribution in [1.29, 1.82) is 0 Å². The van der Waals surface area contributed by atoms with Crippen molar-refractivity contribution in [2.45, 2.75) is 12.5 Å². The molecule has 1 heterocycles. The maximum absolute atomic E-state index is 13.7. The standard InChI is InChI=1S/C13H15F2N3O2S/c1-21(19,20)5-4-11(16)13-17-7-12(18-13)9-3-2-8(14)6-10(9)15/h2-3,6-7,11H,4-5,16H2,1H3,(H,17,18). The molecule has 8 heteroatoms. The van der Waals surface area contributed by atoms with Crippen LogP contribution in [-0.4, -0.2) is 30.4 Å². The number of rotatable bonds is 5. The third-order valence-electron chi connectivity index (χ3n) is 2.97. The van der Waals surface area contributed by atoms with Crippen LogP contribution >= 0.6 is 0 Å². The van der Waals surface area contributed by atoms with Crippen LogP contribution in [0.4, 0.5) is 8.78 Å². The van der Waals surface area contributed by atoms with Gasteiger partial charge >= 0.3 is 0 Å². The molecule has 1 unspecified atom stereocenters. The highest BCUT2D eigenvalue weighted by Crippen LogP contribution is 2.23. The Morgan fingerprint density at radius 3 is 2.71 bits per heavy atom. The molecule has 0 aliphatic heterocycles. The first-order chi connectivity index (χ1) is 9.76. The lowest BCUT2D eigenvalue weighted by molar-refractivity contribution is 0.585. The van der Waals surface area contributed by atoms with E-state index in [1.54, 1.807) is 0 Å². The molecule has 1 aromatic heterocycles. The molecule has 0 fully saturated rings. The van der Waals surface area contributed by atoms with Gasteiger partial charge in [-0.05, 0) is 18.6 Å². The molecule has 5 nitrogen and oxygen atoms in total. The summed E-state index contributed by atoms with van der Waals surface area (Å²) in [5, 5.41) is 0. The van der Waals surface area contributed by atoms with Gasteiger partial charge in [0.1, 0.15) is 27.3 Å². The summed E-state index contributed by atoms with van der Waals surface area (Å²) in [4.78, 5) is 6.85. The molecule has 0 saturated carbocycles. The van der Waals surface area contributed by atoms with Crippen LogP contribution in [0.3, 0.4) is 0 Å². The molecule has 114 valence electrons. The summed E-state index contributed by atoms with van der Waals surface area (Å²) >= 11 is 0. The maximum Gasteiger partial charge on any atom is 0.147 e. The SMILES string of the molecule is CS(=O)(=O)CCC(N)c1ncc(-c2ccc(F)cc2F)[nH]1. The molecular weight excluding hydrogens is 300 g/mol. The fourth-order valence-electron chi connectivity index (χ4n) is 1.85. The molecule has 1 atom stereocenters. The lowest BCUT2D eigenvalue weighted by Gasteiger charge is -2.07. The van der Waals surface area contributed by atoms with Gasteiger partial charge in [0.2, 0.25) is 0 Å². The first-order valence-electron chi connectivity index (χ1n) is 6.20. The minimum Gasteiger partial charge on any atom is -0.341 e. The number of H-pyrrole nitrogens is 1. The van der Waals surface area contributed by atoms with Crippen LogP contribution in [0, 0.1) is 11.6 Å². The Balaban J connectivity index is 2.17. The summed E-state index contributed by atoms with van der Waals surface area (Å²) in [7, 11) is -3.11. The van der Waals surface area contributed by atoms with Crippen molar-refractivity contribution < 1.29 is 17.2 Å². The fraction of sp³-hybridized carbons (Fsp3) is 0.308. The Kier molecular flexibility index (Phi) is 4.38. The topological polar surface area (TPSA) is 88.8 Å². The Bertz CT molecular complexity index is 744. The van der Waals surface area contributed by atoms with Gasteiger partial charge in [0, 0.05) is 17.9 Å². The second-order valence-electron chi connectivity index (χ2n) is 4.83. The van der Waals surface area contributed by atoms with Crippen molar-refractivity contribution in [3.05, 3.63) is 41.9 Å². The average molecular weight is 315 g/mol. The van der Waals surface area contributed by atoms with Gasteiger partial charge in [0.05, 0.1) is 23.7 Å². The summed E-state index contributed by atoms with van der Waals surface area (Å²) in [5.74, 6) is -1.08. The van der Waals surface area contributed by atoms with Crippen molar-refractivity contribution in [3.63, 3.8) is 0 Å². The van der Waals surface area contributed by atoms with E-state index < -0.39 is 27.5 Å². The smallest absolute Gasteiger partial charge is 0.147 e. The molecule has 3 N–H and O–H groups in total. The summed E-state index contributed by atoms with van der Waals surface area (Å²) in [6.07, 6.45) is 2.71. The molecule has 1 aromatic carbocycles. The zero-order valence-electron chi connectivity index (χ0n) is 11.3. The number of halogens is 2. The van der Waals surface area contributed by atoms with E-state index in [-0.39, 0.29) is 17.7 Å². The first kappa shape index (κ1) is 15.6. The highest BCUT2D eigenvalue weighted by molar-refractivity contribution is 7.90. The summed E-state index contributed by atoms with van der Waals surface area (Å²) < 4.78 is 48.7. The summed E-state index contributed by atoms with van der Waals surface area (Å²) in [5.41, 5.74) is 6.37. The predicted octanol–water partition coefficient (Wildman–Crippen LogP) is 1.79. The van der Waals surface area contributed by atoms with Crippen molar-refractivity contribution in [3.8, 4) is 11.3 Å². The monoisotopic (exact) mass is 315 g/mol. The van der Waals surface area contributed by atoms with E-state index in [9.17, 15) is 17.2 Å². The van der Waals surface area contributed by atoms with Gasteiger partial charge < -0.3 is 10.7 Å². The van der Waals surface area contributed by atoms with E-state index in [0.29, 0.717) is 11.5 Å². The molecule has 0 saturated heterocycles. The van der Waals surface area contributed by atoms with Crippen LogP contribution in [0.2, 0.25) is 0 Å². The number of sulfone groups is 1. The first-order valence-corrected chi connectivity index (χ1v) is 8.26. The Morgan fingerprint density at radius 1 is 1.38 bits per heavy atom. The van der Waals surface area contributed by atoms with E-state index in [0.717, 1.165) is 18.4 Å². The lowest BCUT2D eigenvalue weighted by Crippen LogP contribution is -2.16. The molecule has 0 aliphatic carbocycles. The number of aromatic nitrogens is 2. The van der Waals surface area contributed by atoms with Crippen LogP contribution in [0.25, 0.3) is 11.3 Å². The van der Waals surface area contributed by atoms with Gasteiger partial charge in [-0.1, -0.05) is 0 Å². The maximum atomic E-state index is 13.7. The van der Waals surface area contributed by atoms with Crippen LogP contribution in [0.1, 0.15) is 18.3 Å². The third-order valence-corrected chi connectivity index (χ3v) is 3.94. The third kappa shape index (κ3) is 4.08. The van der Waals surface area contributed by atoms with Crippen molar-refractivity contribution in [1.82, 2.24) is 9.97 Å². The Hall–Kier alpha value is -1.80. The number of nitrogens with one attached hydrogen (secondary N) is 1. The number of nitrogens with two attached hydrogens (primary N) is 1. The molecule has 0 spiro atoms. The van der Waals surface area contributed by atoms with E-state index >= 15 is 0 Å². The number of imidazole rings is 1. The van der Waals surface area contributed by atoms with E-state index in [4.69, 9.17) is 5.73 Å². The fourth-order valence-corrected chi connectivity index (χ4v) is 2.53. The Morgan fingerprint density at radius 2 is 2.10 bits per heavy atom. The van der Waals surface area contributed by atoms with Crippen LogP contribution in [0.15, 0.2) is 24.4 Å². The largest absolute Gasteiger partial charge is 0.341 e. The summed E-state index contributed by atoms with van der Waals surface area (Å²) in [6.45, 7) is 0. The van der Waals surface area contributed by atoms with E-state index in [2.05, 4.69) is 9.97 Å². The van der Waals surface area contributed by atoms with Crippen molar-refractivity contribution in [2.75, 3.05) is 12.0 Å². The molecule has 0 amide bonds. The quantitative estimate of drug-likeness (QED) is 0.880. The molecule has 2 aromatic rings. The number of nitrogens with zero attached hydrogens (tertiary/aromatic N) is 1. The normalized spacial score (nSPS) is 13.3. The van der Waals surface area contributed by atoms with Gasteiger partial charge in [0.15, 0.2) is 0 Å². The Labute approximate surface area is 121 Å². The van der Waals surface area contributed by atoms with Crippen molar-refractivity contribution >= 4 is 9.84 Å². The van der Waals surface area contributed by atoms with Crippen LogP contribution in [-0.2, 0) is 9.84 Å².